The molecule has 22 heavy (non-hydrogen) atoms. The molecule has 1 atom stereocenters. The Hall–Kier alpha value is -1.78. The fourth-order valence-electron chi connectivity index (χ4n) is 3.00. The van der Waals surface area contributed by atoms with Crippen molar-refractivity contribution in [1.29, 1.82) is 0 Å². The van der Waals surface area contributed by atoms with E-state index in [4.69, 9.17) is 0 Å². The molecule has 2 nitrogen and oxygen atoms in total. The highest BCUT2D eigenvalue weighted by molar-refractivity contribution is 5.34. The Morgan fingerprint density at radius 2 is 1.68 bits per heavy atom. The zero-order valence-corrected chi connectivity index (χ0v) is 12.7. The molecule has 0 radical (unpaired) electrons. The third kappa shape index (κ3) is 3.18. The van der Waals surface area contributed by atoms with Gasteiger partial charge in [-0.2, -0.15) is 0 Å². The van der Waals surface area contributed by atoms with E-state index in [1.807, 2.05) is 31.2 Å². The van der Waals surface area contributed by atoms with Crippen LogP contribution in [0.2, 0.25) is 0 Å². The number of nitrogens with one attached hydrogen (secondary N) is 1. The average Bonchev–Trinajstić information content (AvgIpc) is 2.52. The van der Waals surface area contributed by atoms with Crippen LogP contribution in [0.1, 0.15) is 22.7 Å². The van der Waals surface area contributed by atoms with Crippen molar-refractivity contribution >= 4 is 0 Å². The topological polar surface area (TPSA) is 15.3 Å². The molecule has 0 spiro atoms. The Labute approximate surface area is 129 Å². The van der Waals surface area contributed by atoms with Crippen molar-refractivity contribution in [3.05, 3.63) is 70.8 Å². The molecule has 1 aliphatic rings. The van der Waals surface area contributed by atoms with Gasteiger partial charge in [0.2, 0.25) is 0 Å². The van der Waals surface area contributed by atoms with Crippen LogP contribution in [0.25, 0.3) is 0 Å². The van der Waals surface area contributed by atoms with Crippen LogP contribution in [0.15, 0.2) is 42.5 Å². The molecule has 1 aliphatic heterocycles. The van der Waals surface area contributed by atoms with Crippen LogP contribution >= 0.6 is 0 Å². The number of nitrogens with zero attached hydrogens (tertiary/aromatic N) is 1. The van der Waals surface area contributed by atoms with Gasteiger partial charge in [-0.1, -0.05) is 35.9 Å². The van der Waals surface area contributed by atoms with Crippen molar-refractivity contribution in [3.8, 4) is 0 Å². The van der Waals surface area contributed by atoms with Crippen LogP contribution in [-0.4, -0.2) is 31.1 Å². The summed E-state index contributed by atoms with van der Waals surface area (Å²) >= 11 is 0. The molecule has 0 aromatic heterocycles. The van der Waals surface area contributed by atoms with Gasteiger partial charge in [-0.3, -0.25) is 4.90 Å². The molecule has 116 valence electrons. The summed E-state index contributed by atoms with van der Waals surface area (Å²) in [6.07, 6.45) is 0. The maximum Gasteiger partial charge on any atom is 0.131 e. The smallest absolute Gasteiger partial charge is 0.131 e. The first-order valence-electron chi connectivity index (χ1n) is 7.61. The maximum atomic E-state index is 14.3. The van der Waals surface area contributed by atoms with Gasteiger partial charge in [0.25, 0.3) is 0 Å². The minimum absolute atomic E-state index is 0.178. The lowest BCUT2D eigenvalue weighted by atomic mass is 9.95. The summed E-state index contributed by atoms with van der Waals surface area (Å²) in [5.74, 6) is -1.02. The fourth-order valence-corrected chi connectivity index (χ4v) is 3.00. The molecule has 2 aromatic rings. The van der Waals surface area contributed by atoms with Gasteiger partial charge < -0.3 is 5.32 Å². The Kier molecular flexibility index (Phi) is 4.50. The third-order valence-corrected chi connectivity index (χ3v) is 4.17. The summed E-state index contributed by atoms with van der Waals surface area (Å²) in [6.45, 7) is 5.48. The number of halogens is 2. The summed E-state index contributed by atoms with van der Waals surface area (Å²) in [6, 6.07) is 11.8. The number of hydrogen-bond donors (Lipinski definition) is 1. The highest BCUT2D eigenvalue weighted by Gasteiger charge is 2.26. The molecular weight excluding hydrogens is 282 g/mol. The second-order valence-corrected chi connectivity index (χ2v) is 5.77. The Balaban J connectivity index is 2.03. The molecule has 1 fully saturated rings. The highest BCUT2D eigenvalue weighted by Crippen LogP contribution is 2.31. The minimum Gasteiger partial charge on any atom is -0.314 e. The van der Waals surface area contributed by atoms with E-state index in [-0.39, 0.29) is 6.04 Å². The van der Waals surface area contributed by atoms with Crippen LogP contribution in [0.5, 0.6) is 0 Å². The van der Waals surface area contributed by atoms with Crippen molar-refractivity contribution in [2.45, 2.75) is 13.0 Å². The molecule has 1 N–H and O–H groups in total. The van der Waals surface area contributed by atoms with E-state index in [2.05, 4.69) is 10.2 Å². The van der Waals surface area contributed by atoms with Gasteiger partial charge in [0.05, 0.1) is 6.04 Å². The molecule has 1 unspecified atom stereocenters. The first-order chi connectivity index (χ1) is 10.6. The monoisotopic (exact) mass is 302 g/mol. The summed E-state index contributed by atoms with van der Waals surface area (Å²) in [5, 5.41) is 3.31. The van der Waals surface area contributed by atoms with E-state index < -0.39 is 11.6 Å². The van der Waals surface area contributed by atoms with E-state index in [9.17, 15) is 8.78 Å². The van der Waals surface area contributed by atoms with Crippen molar-refractivity contribution in [2.24, 2.45) is 0 Å². The van der Waals surface area contributed by atoms with E-state index in [1.54, 1.807) is 6.07 Å². The Morgan fingerprint density at radius 1 is 1.00 bits per heavy atom. The van der Waals surface area contributed by atoms with Gasteiger partial charge in [-0.05, 0) is 18.6 Å². The summed E-state index contributed by atoms with van der Waals surface area (Å²) < 4.78 is 27.6. The molecule has 1 heterocycles. The highest BCUT2D eigenvalue weighted by atomic mass is 19.1. The third-order valence-electron chi connectivity index (χ3n) is 4.17. The maximum absolute atomic E-state index is 14.3. The van der Waals surface area contributed by atoms with Crippen molar-refractivity contribution in [2.75, 3.05) is 26.2 Å². The SMILES string of the molecule is Cc1ccc(C(c2ccc(F)cc2F)N2CCNCC2)cc1. The lowest BCUT2D eigenvalue weighted by molar-refractivity contribution is 0.195. The van der Waals surface area contributed by atoms with Gasteiger partial charge in [-0.15, -0.1) is 0 Å². The largest absolute Gasteiger partial charge is 0.314 e. The quantitative estimate of drug-likeness (QED) is 0.936. The molecular formula is C18H20F2N2. The zero-order chi connectivity index (χ0) is 15.5. The molecule has 0 saturated carbocycles. The Bertz CT molecular complexity index is 634. The van der Waals surface area contributed by atoms with Crippen LogP contribution in [-0.2, 0) is 0 Å². The average molecular weight is 302 g/mol. The molecule has 3 rings (SSSR count). The van der Waals surface area contributed by atoms with Gasteiger partial charge in [0, 0.05) is 37.8 Å². The van der Waals surface area contributed by atoms with Gasteiger partial charge in [-0.25, -0.2) is 8.78 Å². The fraction of sp³-hybridized carbons (Fsp3) is 0.333. The minimum atomic E-state index is -0.538. The predicted octanol–water partition coefficient (Wildman–Crippen LogP) is 3.27. The second kappa shape index (κ2) is 6.55. The normalized spacial score (nSPS) is 17.4. The molecule has 0 aliphatic carbocycles. The number of aryl methyl sites for hydroxylation is 1. The van der Waals surface area contributed by atoms with Crippen molar-refractivity contribution in [3.63, 3.8) is 0 Å². The van der Waals surface area contributed by atoms with Crippen LogP contribution < -0.4 is 5.32 Å². The number of benzene rings is 2. The van der Waals surface area contributed by atoms with Crippen LogP contribution in [0, 0.1) is 18.6 Å². The Morgan fingerprint density at radius 3 is 2.32 bits per heavy atom. The summed E-state index contributed by atoms with van der Waals surface area (Å²) in [7, 11) is 0. The van der Waals surface area contributed by atoms with Crippen molar-refractivity contribution in [1.82, 2.24) is 10.2 Å². The summed E-state index contributed by atoms with van der Waals surface area (Å²) in [5.41, 5.74) is 2.74. The van der Waals surface area contributed by atoms with Gasteiger partial charge in [0.15, 0.2) is 0 Å². The molecule has 1 saturated heterocycles. The van der Waals surface area contributed by atoms with Crippen LogP contribution in [0.4, 0.5) is 8.78 Å². The van der Waals surface area contributed by atoms with E-state index in [0.29, 0.717) is 5.56 Å². The summed E-state index contributed by atoms with van der Waals surface area (Å²) in [4.78, 5) is 2.25. The molecule has 2 aromatic carbocycles. The van der Waals surface area contributed by atoms with E-state index in [0.717, 1.165) is 37.8 Å². The number of hydrogen-bond acceptors (Lipinski definition) is 2. The molecule has 4 heteroatoms. The van der Waals surface area contributed by atoms with Gasteiger partial charge in [0.1, 0.15) is 11.6 Å². The lowest BCUT2D eigenvalue weighted by Crippen LogP contribution is -2.45. The first-order valence-corrected chi connectivity index (χ1v) is 7.61. The lowest BCUT2D eigenvalue weighted by Gasteiger charge is -2.35. The molecule has 0 bridgehead atoms. The zero-order valence-electron chi connectivity index (χ0n) is 12.7. The second-order valence-electron chi connectivity index (χ2n) is 5.77. The predicted molar refractivity (Wildman–Crippen MR) is 83.8 cm³/mol. The van der Waals surface area contributed by atoms with E-state index in [1.165, 1.54) is 11.6 Å². The van der Waals surface area contributed by atoms with Gasteiger partial charge >= 0.3 is 0 Å². The van der Waals surface area contributed by atoms with Crippen molar-refractivity contribution < 1.29 is 8.78 Å². The van der Waals surface area contributed by atoms with E-state index >= 15 is 0 Å². The number of piperazine rings is 1. The number of rotatable bonds is 3. The standard InChI is InChI=1S/C18H20F2N2/c1-13-2-4-14(5-3-13)18(22-10-8-21-9-11-22)16-7-6-15(19)12-17(16)20/h2-7,12,18,21H,8-11H2,1H3. The first kappa shape index (κ1) is 15.1. The molecule has 0 amide bonds. The van der Waals surface area contributed by atoms with Crippen LogP contribution in [0.3, 0.4) is 0 Å².